The zero-order chi connectivity index (χ0) is 4.50. The second kappa shape index (κ2) is 5.99. The van der Waals surface area contributed by atoms with Gasteiger partial charge in [0.25, 0.3) is 0 Å². The van der Waals surface area contributed by atoms with Crippen LogP contribution in [0.3, 0.4) is 0 Å². The Bertz CT molecular complexity index is 57.8. The Balaban J connectivity index is -0.0000000800. The van der Waals surface area contributed by atoms with Crippen molar-refractivity contribution in [3.63, 3.8) is 0 Å². The molecule has 0 saturated heterocycles. The van der Waals surface area contributed by atoms with E-state index >= 15 is 0 Å². The summed E-state index contributed by atoms with van der Waals surface area (Å²) in [6, 6.07) is 0. The average Bonchev–Trinajstić information content (AvgIpc) is 0.722. The van der Waals surface area contributed by atoms with E-state index in [2.05, 4.69) is 0 Å². The summed E-state index contributed by atoms with van der Waals surface area (Å²) in [5, 5.41) is 0. The van der Waals surface area contributed by atoms with Gasteiger partial charge in [-0.2, -0.15) is 0 Å². The third-order valence-electron chi connectivity index (χ3n) is 0. The van der Waals surface area contributed by atoms with E-state index in [1.807, 2.05) is 0 Å². The summed E-state index contributed by atoms with van der Waals surface area (Å²) in [6.45, 7) is 0. The monoisotopic (exact) mass is 336 g/mol. The molecule has 0 N–H and O–H groups in total. The summed E-state index contributed by atoms with van der Waals surface area (Å²) in [5.41, 5.74) is 0. The van der Waals surface area contributed by atoms with Gasteiger partial charge in [0.2, 0.25) is 0 Å². The molecule has 0 amide bonds. The Morgan fingerprint density at radius 1 is 1.14 bits per heavy atom. The molecule has 7 heteroatoms. The van der Waals surface area contributed by atoms with E-state index in [0.717, 1.165) is 0 Å². The van der Waals surface area contributed by atoms with Crippen molar-refractivity contribution < 1.29 is 64.6 Å². The van der Waals surface area contributed by atoms with Crippen molar-refractivity contribution in [2.45, 2.75) is 0 Å². The van der Waals surface area contributed by atoms with Gasteiger partial charge in [-0.25, -0.2) is 0 Å². The first-order valence-electron chi connectivity index (χ1n) is 0.730. The van der Waals surface area contributed by atoms with Crippen LogP contribution in [0.5, 0.6) is 0 Å². The van der Waals surface area contributed by atoms with Crippen molar-refractivity contribution in [2.24, 2.45) is 0 Å². The van der Waals surface area contributed by atoms with Crippen molar-refractivity contribution in [3.8, 4) is 0 Å². The predicted octanol–water partition coefficient (Wildman–Crippen LogP) is -4.07. The van der Waals surface area contributed by atoms with Crippen molar-refractivity contribution in [1.82, 2.24) is 0 Å². The molecular formula is AgAsO4Zr. The molecule has 0 aromatic rings. The molecule has 0 aromatic heterocycles. The molecule has 7 heavy (non-hydrogen) atoms. The molecule has 0 spiro atoms. The molecular weight excluding hydrogens is 338 g/mol. The van der Waals surface area contributed by atoms with Gasteiger partial charge in [0.1, 0.15) is 0 Å². The van der Waals surface area contributed by atoms with Gasteiger partial charge in [0.05, 0.1) is 0 Å². The first kappa shape index (κ1) is 15.9. The van der Waals surface area contributed by atoms with Crippen LogP contribution in [-0.4, -0.2) is 14.5 Å². The van der Waals surface area contributed by atoms with Crippen molar-refractivity contribution >= 4 is 14.5 Å². The maximum Gasteiger partial charge on any atom is 2.00 e. The van der Waals surface area contributed by atoms with Crippen LogP contribution in [0.25, 0.3) is 0 Å². The number of hydrogen-bond donors (Lipinski definition) is 0. The van der Waals surface area contributed by atoms with E-state index in [1.54, 1.807) is 0 Å². The summed E-state index contributed by atoms with van der Waals surface area (Å²) in [7, 11) is 0. The van der Waals surface area contributed by atoms with Gasteiger partial charge >= 0.3 is 79.1 Å². The minimum absolute atomic E-state index is 0. The van der Waals surface area contributed by atoms with Crippen molar-refractivity contribution in [1.29, 1.82) is 0 Å². The summed E-state index contributed by atoms with van der Waals surface area (Å²) >= 11 is -5.88. The molecule has 0 aromatic carbocycles. The summed E-state index contributed by atoms with van der Waals surface area (Å²) < 4.78 is 34.4. The predicted molar refractivity (Wildman–Crippen MR) is 6.44 cm³/mol. The van der Waals surface area contributed by atoms with E-state index in [4.69, 9.17) is 16.0 Å². The van der Waals surface area contributed by atoms with Crippen LogP contribution in [0, 0.1) is 0 Å². The van der Waals surface area contributed by atoms with Gasteiger partial charge in [-0.1, -0.05) is 0 Å². The molecule has 0 fully saturated rings. The molecule has 0 aliphatic heterocycles. The maximum atomic E-state index is 8.61. The van der Waals surface area contributed by atoms with Crippen LogP contribution in [-0.2, 0) is 52.3 Å². The molecule has 0 saturated carbocycles. The molecule has 0 heterocycles. The van der Waals surface area contributed by atoms with Crippen molar-refractivity contribution in [2.75, 3.05) is 0 Å². The fourth-order valence-corrected chi connectivity index (χ4v) is 0. The summed E-state index contributed by atoms with van der Waals surface area (Å²) in [6.07, 6.45) is 0. The topological polar surface area (TPSA) is 86.2 Å². The normalized spacial score (nSPS) is 8.43. The quantitative estimate of drug-likeness (QED) is 0.421. The molecule has 0 radical (unpaired) electrons. The molecule has 0 rings (SSSR count). The first-order valence-corrected chi connectivity index (χ1v) is 3.79. The molecule has 4 nitrogen and oxygen atoms in total. The fraction of sp³-hybridized carbons (Fsp3) is 0. The van der Waals surface area contributed by atoms with Gasteiger partial charge < -0.3 is 0 Å². The van der Waals surface area contributed by atoms with Gasteiger partial charge in [0, 0.05) is 0 Å². The third-order valence-corrected chi connectivity index (χ3v) is 0. The molecule has 0 atom stereocenters. The molecule has 44 valence electrons. The zero-order valence-electron chi connectivity index (χ0n) is 2.88. The van der Waals surface area contributed by atoms with E-state index in [-0.39, 0.29) is 48.6 Å². The van der Waals surface area contributed by atoms with Gasteiger partial charge in [0.15, 0.2) is 0 Å². The standard InChI is InChI=1S/Ag.AsH3O4.Zr/c;2-1(3,4)5;/h;(H3,2,3,4,5);/q+1;;+2/p-3. The smallest absolute Gasteiger partial charge is 1.00 e. The van der Waals surface area contributed by atoms with Gasteiger partial charge in [-0.3, -0.25) is 0 Å². The van der Waals surface area contributed by atoms with E-state index < -0.39 is 14.5 Å². The maximum absolute atomic E-state index is 8.61. The SMILES string of the molecule is O=[As]([O-])([O-])[O-].[Ag+].[Zr+2]. The Hall–Kier alpha value is 1.86. The van der Waals surface area contributed by atoms with Crippen LogP contribution in [0.15, 0.2) is 0 Å². The first-order chi connectivity index (χ1) is 2.00. The average molecular weight is 338 g/mol. The molecule has 0 bridgehead atoms. The largest absolute Gasteiger partial charge is 2.00 e. The minimum Gasteiger partial charge on any atom is 1.00 e. The van der Waals surface area contributed by atoms with E-state index in [9.17, 15) is 0 Å². The van der Waals surface area contributed by atoms with Crippen LogP contribution in [0.1, 0.15) is 0 Å². The van der Waals surface area contributed by atoms with E-state index in [0.29, 0.717) is 0 Å². The van der Waals surface area contributed by atoms with Crippen LogP contribution < -0.4 is 12.3 Å². The second-order valence-electron chi connectivity index (χ2n) is 0.447. The molecule has 0 aliphatic carbocycles. The van der Waals surface area contributed by atoms with Crippen LogP contribution >= 0.6 is 0 Å². The summed E-state index contributed by atoms with van der Waals surface area (Å²) in [4.78, 5) is 0. The van der Waals surface area contributed by atoms with Crippen LogP contribution in [0.2, 0.25) is 0 Å². The Kier molecular flexibility index (Phi) is 13.6. The fourth-order valence-electron chi connectivity index (χ4n) is 0. The third kappa shape index (κ3) is 77.9. The number of hydrogen-bond acceptors (Lipinski definition) is 4. The van der Waals surface area contributed by atoms with Crippen LogP contribution in [0.4, 0.5) is 0 Å². The zero-order valence-corrected chi connectivity index (χ0v) is 8.70. The Labute approximate surface area is 78.3 Å². The summed E-state index contributed by atoms with van der Waals surface area (Å²) in [5.74, 6) is 0. The minimum atomic E-state index is -5.88. The van der Waals surface area contributed by atoms with Crippen molar-refractivity contribution in [3.05, 3.63) is 0 Å². The van der Waals surface area contributed by atoms with Gasteiger partial charge in [-0.05, 0) is 0 Å². The van der Waals surface area contributed by atoms with E-state index in [1.165, 1.54) is 0 Å². The second-order valence-corrected chi connectivity index (χ2v) is 2.32. The molecule has 0 unspecified atom stereocenters. The Morgan fingerprint density at radius 3 is 1.14 bits per heavy atom. The molecule has 0 aliphatic rings. The number of rotatable bonds is 0. The Morgan fingerprint density at radius 2 is 1.14 bits per heavy atom. The van der Waals surface area contributed by atoms with Gasteiger partial charge in [-0.15, -0.1) is 0 Å².